The Labute approximate surface area is 271 Å². The van der Waals surface area contributed by atoms with Crippen LogP contribution in [-0.2, 0) is 35.1 Å². The number of nitrogens with zero attached hydrogens (tertiary/aromatic N) is 1. The molecule has 0 aliphatic heterocycles. The van der Waals surface area contributed by atoms with E-state index in [2.05, 4.69) is 10.6 Å². The number of nitrogens with one attached hydrogen (secondary N) is 2. The first-order valence-corrected chi connectivity index (χ1v) is 15.6. The third kappa shape index (κ3) is 10.6. The number of hydrogen-bond donors (Lipinski definition) is 3. The maximum atomic E-state index is 14.5. The molecule has 46 heavy (non-hydrogen) atoms. The molecule has 0 heterocycles. The van der Waals surface area contributed by atoms with Crippen LogP contribution in [0.3, 0.4) is 0 Å². The lowest BCUT2D eigenvalue weighted by atomic mass is 9.96. The molecule has 250 valence electrons. The number of esters is 1. The van der Waals surface area contributed by atoms with Crippen molar-refractivity contribution in [3.05, 3.63) is 71.3 Å². The van der Waals surface area contributed by atoms with Crippen molar-refractivity contribution in [2.24, 2.45) is 11.7 Å². The number of amides is 4. The van der Waals surface area contributed by atoms with E-state index < -0.39 is 65.5 Å². The Balaban J connectivity index is 2.08. The summed E-state index contributed by atoms with van der Waals surface area (Å²) in [5.74, 6) is -2.68. The number of aryl methyl sites for hydroxylation is 1. The average Bonchev–Trinajstić information content (AvgIpc) is 3.64. The molecule has 3 rings (SSSR count). The van der Waals surface area contributed by atoms with E-state index >= 15 is 0 Å². The number of primary amides is 1. The third-order valence-corrected chi connectivity index (χ3v) is 7.37. The number of rotatable bonds is 12. The number of alkyl carbamates (subject to hydrolysis) is 1. The Hall–Kier alpha value is -4.41. The number of carbonyl (C=O) groups is 5. The lowest BCUT2D eigenvalue weighted by Gasteiger charge is -2.36. The van der Waals surface area contributed by atoms with E-state index in [0.29, 0.717) is 12.0 Å². The molecule has 0 saturated heterocycles. The molecule has 2 aromatic rings. The Morgan fingerprint density at radius 2 is 1.43 bits per heavy atom. The summed E-state index contributed by atoms with van der Waals surface area (Å²) in [6.07, 6.45) is -0.663. The van der Waals surface area contributed by atoms with Gasteiger partial charge in [0.15, 0.2) is 0 Å². The summed E-state index contributed by atoms with van der Waals surface area (Å²) in [5.41, 5.74) is 5.91. The molecule has 5 atom stereocenters. The van der Waals surface area contributed by atoms with Crippen molar-refractivity contribution in [2.45, 2.75) is 110 Å². The molecule has 0 bridgehead atoms. The highest BCUT2D eigenvalue weighted by Crippen LogP contribution is 2.41. The van der Waals surface area contributed by atoms with E-state index in [1.54, 1.807) is 53.7 Å². The molecule has 1 saturated carbocycles. The molecule has 0 aromatic heterocycles. The summed E-state index contributed by atoms with van der Waals surface area (Å²) >= 11 is 0. The van der Waals surface area contributed by atoms with E-state index in [9.17, 15) is 24.0 Å². The highest BCUT2D eigenvalue weighted by molar-refractivity contribution is 5.96. The van der Waals surface area contributed by atoms with Crippen LogP contribution in [0.1, 0.15) is 84.0 Å². The van der Waals surface area contributed by atoms with Crippen LogP contribution in [0.15, 0.2) is 54.6 Å². The van der Waals surface area contributed by atoms with Gasteiger partial charge in [0.1, 0.15) is 29.3 Å². The van der Waals surface area contributed by atoms with Crippen molar-refractivity contribution in [1.29, 1.82) is 0 Å². The van der Waals surface area contributed by atoms with E-state index in [4.69, 9.17) is 15.2 Å². The quantitative estimate of drug-likeness (QED) is 0.296. The van der Waals surface area contributed by atoms with Crippen molar-refractivity contribution in [2.75, 3.05) is 0 Å². The van der Waals surface area contributed by atoms with Gasteiger partial charge in [-0.25, -0.2) is 9.59 Å². The van der Waals surface area contributed by atoms with Gasteiger partial charge in [-0.1, -0.05) is 61.5 Å². The Kier molecular flexibility index (Phi) is 11.6. The van der Waals surface area contributed by atoms with Crippen LogP contribution < -0.4 is 16.4 Å². The van der Waals surface area contributed by atoms with Crippen LogP contribution in [0.4, 0.5) is 4.79 Å². The van der Waals surface area contributed by atoms with E-state index in [1.165, 1.54) is 4.90 Å². The topological polar surface area (TPSA) is 157 Å². The van der Waals surface area contributed by atoms with Crippen molar-refractivity contribution >= 4 is 29.8 Å². The minimum Gasteiger partial charge on any atom is -0.458 e. The summed E-state index contributed by atoms with van der Waals surface area (Å²) in [4.78, 5) is 68.7. The van der Waals surface area contributed by atoms with Crippen LogP contribution in [-0.4, -0.2) is 64.0 Å². The molecule has 11 nitrogen and oxygen atoms in total. The molecule has 0 radical (unpaired) electrons. The molecule has 1 aliphatic rings. The Bertz CT molecular complexity index is 1410. The Morgan fingerprint density at radius 3 is 1.96 bits per heavy atom. The second-order valence-corrected chi connectivity index (χ2v) is 13.9. The van der Waals surface area contributed by atoms with Crippen molar-refractivity contribution in [3.63, 3.8) is 0 Å². The van der Waals surface area contributed by atoms with Gasteiger partial charge in [-0.3, -0.25) is 14.4 Å². The fourth-order valence-electron chi connectivity index (χ4n) is 5.18. The smallest absolute Gasteiger partial charge is 0.408 e. The van der Waals surface area contributed by atoms with Gasteiger partial charge in [-0.15, -0.1) is 0 Å². The zero-order valence-corrected chi connectivity index (χ0v) is 28.1. The van der Waals surface area contributed by atoms with Crippen LogP contribution in [0.2, 0.25) is 0 Å². The lowest BCUT2D eigenvalue weighted by Crippen LogP contribution is -2.56. The number of ether oxygens (including phenoxy) is 2. The minimum atomic E-state index is -1.40. The van der Waals surface area contributed by atoms with Gasteiger partial charge in [0.2, 0.25) is 17.7 Å². The summed E-state index contributed by atoms with van der Waals surface area (Å²) in [6.45, 7) is 14.0. The highest BCUT2D eigenvalue weighted by atomic mass is 16.6. The summed E-state index contributed by atoms with van der Waals surface area (Å²) in [6, 6.07) is 12.3. The van der Waals surface area contributed by atoms with Crippen molar-refractivity contribution in [1.82, 2.24) is 15.5 Å². The van der Waals surface area contributed by atoms with Gasteiger partial charge in [0.05, 0.1) is 6.42 Å². The fourth-order valence-corrected chi connectivity index (χ4v) is 5.18. The normalized spacial score (nSPS) is 17.9. The molecule has 2 aromatic carbocycles. The van der Waals surface area contributed by atoms with E-state index in [0.717, 1.165) is 11.1 Å². The molecule has 4 N–H and O–H groups in total. The zero-order chi connectivity index (χ0) is 34.4. The fraction of sp³-hybridized carbons (Fsp3) is 0.514. The van der Waals surface area contributed by atoms with Crippen LogP contribution in [0.25, 0.3) is 0 Å². The van der Waals surface area contributed by atoms with Gasteiger partial charge in [-0.2, -0.15) is 0 Å². The predicted octanol–water partition coefficient (Wildman–Crippen LogP) is 4.11. The van der Waals surface area contributed by atoms with Gasteiger partial charge in [-0.05, 0) is 77.5 Å². The van der Waals surface area contributed by atoms with E-state index in [-0.39, 0.29) is 18.4 Å². The standard InChI is InChI=1S/C35H48N4O7/c1-21-14-12-13-17-24(21)29(30(41)37-26(32(43)45-34(3,4)5)19-23-15-10-9-11-16-23)39(27-18-22(27)2)31(42)25(20-28(36)40)38-33(44)46-35(6,7)8/h9-17,22,25-27,29H,18-20H2,1-8H3,(H2,36,40)(H,37,41)(H,38,44). The molecule has 1 fully saturated rings. The molecule has 5 unspecified atom stereocenters. The molecular formula is C35H48N4O7. The number of hydrogen-bond acceptors (Lipinski definition) is 7. The second-order valence-electron chi connectivity index (χ2n) is 13.9. The number of benzene rings is 2. The van der Waals surface area contributed by atoms with Crippen LogP contribution in [0.5, 0.6) is 0 Å². The Morgan fingerprint density at radius 1 is 0.870 bits per heavy atom. The van der Waals surface area contributed by atoms with Gasteiger partial charge in [0.25, 0.3) is 0 Å². The maximum Gasteiger partial charge on any atom is 0.408 e. The SMILES string of the molecule is Cc1ccccc1C(C(=O)NC(Cc1ccccc1)C(=O)OC(C)(C)C)N(C(=O)C(CC(N)=O)NC(=O)OC(C)(C)C)C1CC1C. The first kappa shape index (κ1) is 36.1. The molecule has 1 aliphatic carbocycles. The molecular weight excluding hydrogens is 588 g/mol. The molecule has 4 amide bonds. The molecule has 11 heteroatoms. The summed E-state index contributed by atoms with van der Waals surface area (Å²) in [5, 5.41) is 5.39. The highest BCUT2D eigenvalue weighted by Gasteiger charge is 2.49. The zero-order valence-electron chi connectivity index (χ0n) is 28.1. The van der Waals surface area contributed by atoms with Crippen molar-refractivity contribution in [3.8, 4) is 0 Å². The van der Waals surface area contributed by atoms with E-state index in [1.807, 2.05) is 56.3 Å². The van der Waals surface area contributed by atoms with Gasteiger partial charge >= 0.3 is 12.1 Å². The first-order valence-electron chi connectivity index (χ1n) is 15.6. The van der Waals surface area contributed by atoms with Crippen LogP contribution >= 0.6 is 0 Å². The van der Waals surface area contributed by atoms with Crippen LogP contribution in [0, 0.1) is 12.8 Å². The predicted molar refractivity (Wildman–Crippen MR) is 173 cm³/mol. The lowest BCUT2D eigenvalue weighted by molar-refractivity contribution is -0.159. The first-order chi connectivity index (χ1) is 21.4. The molecule has 0 spiro atoms. The van der Waals surface area contributed by atoms with Gasteiger partial charge < -0.3 is 30.7 Å². The minimum absolute atomic E-state index is 0.0324. The second kappa shape index (κ2) is 14.8. The largest absolute Gasteiger partial charge is 0.458 e. The monoisotopic (exact) mass is 636 g/mol. The van der Waals surface area contributed by atoms with Gasteiger partial charge in [0, 0.05) is 12.5 Å². The number of carbonyl (C=O) groups excluding carboxylic acids is 5. The van der Waals surface area contributed by atoms with Crippen molar-refractivity contribution < 1.29 is 33.4 Å². The average molecular weight is 637 g/mol. The maximum absolute atomic E-state index is 14.5. The number of nitrogens with two attached hydrogens (primary N) is 1. The summed E-state index contributed by atoms with van der Waals surface area (Å²) in [7, 11) is 0. The summed E-state index contributed by atoms with van der Waals surface area (Å²) < 4.78 is 11.0. The third-order valence-electron chi connectivity index (χ3n) is 7.37.